The van der Waals surface area contributed by atoms with Gasteiger partial charge >= 0.3 is 0 Å². The number of hydrogen-bond acceptors (Lipinski definition) is 3. The average Bonchev–Trinajstić information content (AvgIpc) is 2.40. The first-order chi connectivity index (χ1) is 9.24. The van der Waals surface area contributed by atoms with Crippen LogP contribution in [0.25, 0.3) is 0 Å². The van der Waals surface area contributed by atoms with Crippen LogP contribution >= 0.6 is 0 Å². The van der Waals surface area contributed by atoms with Gasteiger partial charge in [-0.3, -0.25) is 9.78 Å². The van der Waals surface area contributed by atoms with Crippen LogP contribution < -0.4 is 4.74 Å². The molecular formula is C16H17NO2. The maximum Gasteiger partial charge on any atom is 0.140 e. The first-order valence-corrected chi connectivity index (χ1v) is 6.34. The van der Waals surface area contributed by atoms with Crippen LogP contribution in [0.1, 0.15) is 17.5 Å². The Morgan fingerprint density at radius 2 is 2.00 bits per heavy atom. The van der Waals surface area contributed by atoms with E-state index in [0.29, 0.717) is 19.4 Å². The molecule has 0 aliphatic rings. The van der Waals surface area contributed by atoms with E-state index in [1.165, 1.54) is 0 Å². The highest BCUT2D eigenvalue weighted by Crippen LogP contribution is 2.12. The normalized spacial score (nSPS) is 10.2. The van der Waals surface area contributed by atoms with Crippen molar-refractivity contribution in [3.63, 3.8) is 0 Å². The van der Waals surface area contributed by atoms with Gasteiger partial charge in [0, 0.05) is 25.2 Å². The summed E-state index contributed by atoms with van der Waals surface area (Å²) in [4.78, 5) is 15.7. The molecule has 1 heterocycles. The van der Waals surface area contributed by atoms with Crippen LogP contribution in [0.15, 0.2) is 48.8 Å². The molecule has 0 fully saturated rings. The highest BCUT2D eigenvalue weighted by atomic mass is 16.5. The number of ether oxygens (including phenoxy) is 1. The molecule has 3 heteroatoms. The van der Waals surface area contributed by atoms with Gasteiger partial charge in [0.05, 0.1) is 6.61 Å². The predicted molar refractivity (Wildman–Crippen MR) is 74.2 cm³/mol. The standard InChI is InChI=1S/C16H17NO2/c1-13-3-2-4-16(11-13)19-10-7-15(18)12-14-5-8-17-9-6-14/h2-6,8-9,11H,7,10,12H2,1H3. The molecular weight excluding hydrogens is 238 g/mol. The molecule has 0 amide bonds. The molecule has 98 valence electrons. The predicted octanol–water partition coefficient (Wildman–Crippen LogP) is 2.97. The van der Waals surface area contributed by atoms with Crippen LogP contribution in [0.3, 0.4) is 0 Å². The molecule has 0 aliphatic heterocycles. The Balaban J connectivity index is 1.75. The van der Waals surface area contributed by atoms with Crippen molar-refractivity contribution in [2.24, 2.45) is 0 Å². The number of Topliss-reactive ketones (excluding diaryl/α,β-unsaturated/α-hetero) is 1. The summed E-state index contributed by atoms with van der Waals surface area (Å²) in [5, 5.41) is 0. The summed E-state index contributed by atoms with van der Waals surface area (Å²) < 4.78 is 5.56. The van der Waals surface area contributed by atoms with Crippen LogP contribution in [0.2, 0.25) is 0 Å². The Labute approximate surface area is 113 Å². The van der Waals surface area contributed by atoms with Crippen LogP contribution in [0.5, 0.6) is 5.75 Å². The molecule has 19 heavy (non-hydrogen) atoms. The SMILES string of the molecule is Cc1cccc(OCCC(=O)Cc2ccncc2)c1. The second-order valence-electron chi connectivity index (χ2n) is 4.49. The Bertz CT molecular complexity index is 537. The fourth-order valence-corrected chi connectivity index (χ4v) is 1.80. The summed E-state index contributed by atoms with van der Waals surface area (Å²) in [6, 6.07) is 11.6. The zero-order valence-electron chi connectivity index (χ0n) is 11.0. The molecule has 0 unspecified atom stereocenters. The third-order valence-electron chi connectivity index (χ3n) is 2.79. The highest BCUT2D eigenvalue weighted by Gasteiger charge is 2.04. The molecule has 0 saturated heterocycles. The molecule has 0 saturated carbocycles. The summed E-state index contributed by atoms with van der Waals surface area (Å²) in [5.41, 5.74) is 2.15. The molecule has 0 atom stereocenters. The number of benzene rings is 1. The summed E-state index contributed by atoms with van der Waals surface area (Å²) in [6.45, 7) is 2.44. The van der Waals surface area contributed by atoms with Crippen molar-refractivity contribution in [2.75, 3.05) is 6.61 Å². The van der Waals surface area contributed by atoms with E-state index in [2.05, 4.69) is 4.98 Å². The van der Waals surface area contributed by atoms with Crippen LogP contribution in [-0.4, -0.2) is 17.4 Å². The second kappa shape index (κ2) is 6.69. The Kier molecular flexibility index (Phi) is 4.67. The molecule has 2 aromatic rings. The summed E-state index contributed by atoms with van der Waals surface area (Å²) >= 11 is 0. The van der Waals surface area contributed by atoms with Gasteiger partial charge in [-0.25, -0.2) is 0 Å². The lowest BCUT2D eigenvalue weighted by atomic mass is 10.1. The Morgan fingerprint density at radius 1 is 1.21 bits per heavy atom. The lowest BCUT2D eigenvalue weighted by Gasteiger charge is -2.06. The van der Waals surface area contributed by atoms with Gasteiger partial charge in [-0.2, -0.15) is 0 Å². The average molecular weight is 255 g/mol. The van der Waals surface area contributed by atoms with Gasteiger partial charge in [-0.15, -0.1) is 0 Å². The molecule has 1 aromatic carbocycles. The number of aryl methyl sites for hydroxylation is 1. The third kappa shape index (κ3) is 4.54. The third-order valence-corrected chi connectivity index (χ3v) is 2.79. The lowest BCUT2D eigenvalue weighted by Crippen LogP contribution is -2.08. The molecule has 0 radical (unpaired) electrons. The van der Waals surface area contributed by atoms with Crippen molar-refractivity contribution in [3.05, 3.63) is 59.9 Å². The number of hydrogen-bond donors (Lipinski definition) is 0. The number of carbonyl (C=O) groups excluding carboxylic acids is 1. The van der Waals surface area contributed by atoms with Crippen LogP contribution in [-0.2, 0) is 11.2 Å². The molecule has 0 spiro atoms. The van der Waals surface area contributed by atoms with Crippen molar-refractivity contribution in [2.45, 2.75) is 19.8 Å². The van der Waals surface area contributed by atoms with Gasteiger partial charge in [0.15, 0.2) is 0 Å². The first-order valence-electron chi connectivity index (χ1n) is 6.34. The first kappa shape index (κ1) is 13.3. The van der Waals surface area contributed by atoms with Crippen molar-refractivity contribution >= 4 is 5.78 Å². The van der Waals surface area contributed by atoms with E-state index in [9.17, 15) is 4.79 Å². The minimum Gasteiger partial charge on any atom is -0.493 e. The topological polar surface area (TPSA) is 39.2 Å². The van der Waals surface area contributed by atoms with Crippen molar-refractivity contribution < 1.29 is 9.53 Å². The zero-order valence-corrected chi connectivity index (χ0v) is 11.0. The molecule has 3 nitrogen and oxygen atoms in total. The molecule has 0 bridgehead atoms. The molecule has 0 aliphatic carbocycles. The number of nitrogens with zero attached hydrogens (tertiary/aromatic N) is 1. The fraction of sp³-hybridized carbons (Fsp3) is 0.250. The second-order valence-corrected chi connectivity index (χ2v) is 4.49. The highest BCUT2D eigenvalue weighted by molar-refractivity contribution is 5.80. The maximum atomic E-state index is 11.8. The van der Waals surface area contributed by atoms with E-state index in [4.69, 9.17) is 4.74 Å². The van der Waals surface area contributed by atoms with Crippen LogP contribution in [0.4, 0.5) is 0 Å². The van der Waals surface area contributed by atoms with E-state index in [-0.39, 0.29) is 5.78 Å². The number of carbonyl (C=O) groups is 1. The Hall–Kier alpha value is -2.16. The molecule has 2 rings (SSSR count). The summed E-state index contributed by atoms with van der Waals surface area (Å²) in [7, 11) is 0. The minimum absolute atomic E-state index is 0.179. The van der Waals surface area contributed by atoms with E-state index >= 15 is 0 Å². The molecule has 1 aromatic heterocycles. The lowest BCUT2D eigenvalue weighted by molar-refractivity contribution is -0.118. The van der Waals surface area contributed by atoms with E-state index in [1.807, 2.05) is 43.3 Å². The van der Waals surface area contributed by atoms with Gasteiger partial charge < -0.3 is 4.74 Å². The summed E-state index contributed by atoms with van der Waals surface area (Å²) in [6.07, 6.45) is 4.27. The largest absolute Gasteiger partial charge is 0.493 e. The fourth-order valence-electron chi connectivity index (χ4n) is 1.80. The Morgan fingerprint density at radius 3 is 2.74 bits per heavy atom. The quantitative estimate of drug-likeness (QED) is 0.796. The van der Waals surface area contributed by atoms with Crippen molar-refractivity contribution in [1.82, 2.24) is 4.98 Å². The van der Waals surface area contributed by atoms with Gasteiger partial charge in [0.2, 0.25) is 0 Å². The number of ketones is 1. The number of aromatic nitrogens is 1. The van der Waals surface area contributed by atoms with E-state index in [1.54, 1.807) is 12.4 Å². The van der Waals surface area contributed by atoms with Gasteiger partial charge in [0.25, 0.3) is 0 Å². The van der Waals surface area contributed by atoms with Gasteiger partial charge in [0.1, 0.15) is 11.5 Å². The van der Waals surface area contributed by atoms with Crippen LogP contribution in [0, 0.1) is 6.92 Å². The van der Waals surface area contributed by atoms with Crippen molar-refractivity contribution in [1.29, 1.82) is 0 Å². The van der Waals surface area contributed by atoms with E-state index < -0.39 is 0 Å². The zero-order chi connectivity index (χ0) is 13.5. The van der Waals surface area contributed by atoms with E-state index in [0.717, 1.165) is 16.9 Å². The monoisotopic (exact) mass is 255 g/mol. The smallest absolute Gasteiger partial charge is 0.140 e. The molecule has 0 N–H and O–H groups in total. The number of pyridine rings is 1. The van der Waals surface area contributed by atoms with Gasteiger partial charge in [-0.1, -0.05) is 12.1 Å². The number of rotatable bonds is 6. The maximum absolute atomic E-state index is 11.8. The minimum atomic E-state index is 0.179. The van der Waals surface area contributed by atoms with Gasteiger partial charge in [-0.05, 0) is 42.3 Å². The van der Waals surface area contributed by atoms with Crippen molar-refractivity contribution in [3.8, 4) is 5.75 Å². The summed E-state index contributed by atoms with van der Waals surface area (Å²) in [5.74, 6) is 0.996.